The fourth-order valence-corrected chi connectivity index (χ4v) is 4.72. The molecule has 0 radical (unpaired) electrons. The van der Waals surface area contributed by atoms with Gasteiger partial charge in [0.2, 0.25) is 0 Å². The molecule has 1 fully saturated rings. The van der Waals surface area contributed by atoms with E-state index in [-0.39, 0.29) is 23.7 Å². The first-order valence-corrected chi connectivity index (χ1v) is 10.0. The van der Waals surface area contributed by atoms with E-state index in [9.17, 15) is 4.79 Å². The minimum absolute atomic E-state index is 0.00871. The topological polar surface area (TPSA) is 50.6 Å². The highest BCUT2D eigenvalue weighted by Crippen LogP contribution is 2.34. The summed E-state index contributed by atoms with van der Waals surface area (Å²) in [6, 6.07) is 0. The number of carbonyl (C=O) groups excluding carboxylic acids is 1. The van der Waals surface area contributed by atoms with E-state index >= 15 is 0 Å². The number of likely N-dealkylation sites (tertiary alicyclic amines) is 1. The molecule has 0 N–H and O–H groups in total. The molecule has 6 nitrogen and oxygen atoms in total. The molecule has 0 aromatic carbocycles. The van der Waals surface area contributed by atoms with Crippen molar-refractivity contribution in [3.05, 3.63) is 17.0 Å². The van der Waals surface area contributed by atoms with Crippen LogP contribution in [0.25, 0.3) is 0 Å². The zero-order valence-corrected chi connectivity index (χ0v) is 17.2. The van der Waals surface area contributed by atoms with Gasteiger partial charge in [0, 0.05) is 37.2 Å². The van der Waals surface area contributed by atoms with Crippen LogP contribution in [0.15, 0.2) is 0 Å². The molecular formula is C20H34N4O2. The minimum Gasteiger partial charge on any atom is -0.369 e. The van der Waals surface area contributed by atoms with E-state index in [0.29, 0.717) is 5.69 Å². The smallest absolute Gasteiger partial charge is 0.274 e. The number of nitrogens with zero attached hydrogens (tertiary/aromatic N) is 4. The predicted molar refractivity (Wildman–Crippen MR) is 102 cm³/mol. The van der Waals surface area contributed by atoms with Crippen molar-refractivity contribution >= 4 is 5.91 Å². The Morgan fingerprint density at radius 3 is 2.46 bits per heavy atom. The average molecular weight is 363 g/mol. The molecule has 0 saturated carbocycles. The predicted octanol–water partition coefficient (Wildman–Crippen LogP) is 2.87. The molecule has 6 heteroatoms. The van der Waals surface area contributed by atoms with Crippen LogP contribution in [0.1, 0.15) is 74.8 Å². The molecule has 1 aromatic rings. The Morgan fingerprint density at radius 2 is 1.92 bits per heavy atom. The monoisotopic (exact) mass is 362 g/mol. The maximum Gasteiger partial charge on any atom is 0.274 e. The van der Waals surface area contributed by atoms with Crippen molar-refractivity contribution in [2.75, 3.05) is 27.2 Å². The van der Waals surface area contributed by atoms with Crippen LogP contribution >= 0.6 is 0 Å². The van der Waals surface area contributed by atoms with Crippen LogP contribution in [0.3, 0.4) is 0 Å². The van der Waals surface area contributed by atoms with Crippen molar-refractivity contribution in [2.24, 2.45) is 0 Å². The molecule has 3 rings (SSSR count). The number of hydrogen-bond acceptors (Lipinski definition) is 4. The number of ether oxygens (including phenoxy) is 1. The molecule has 2 aliphatic rings. The molecule has 1 aromatic heterocycles. The number of hydrogen-bond donors (Lipinski definition) is 0. The van der Waals surface area contributed by atoms with Gasteiger partial charge in [-0.15, -0.1) is 0 Å². The third kappa shape index (κ3) is 3.18. The molecule has 2 aliphatic heterocycles. The molecule has 0 aliphatic carbocycles. The van der Waals surface area contributed by atoms with Crippen molar-refractivity contribution in [1.29, 1.82) is 0 Å². The van der Waals surface area contributed by atoms with E-state index in [2.05, 4.69) is 46.7 Å². The second kappa shape index (κ2) is 7.31. The lowest BCUT2D eigenvalue weighted by molar-refractivity contribution is -0.00955. The molecule has 0 bridgehead atoms. The Kier molecular flexibility index (Phi) is 5.45. The molecule has 1 saturated heterocycles. The first-order chi connectivity index (χ1) is 12.3. The highest BCUT2D eigenvalue weighted by Gasteiger charge is 2.38. The Bertz CT molecular complexity index is 659. The van der Waals surface area contributed by atoms with Gasteiger partial charge in [-0.2, -0.15) is 5.10 Å². The lowest BCUT2D eigenvalue weighted by atomic mass is 9.83. The van der Waals surface area contributed by atoms with Gasteiger partial charge in [0.1, 0.15) is 0 Å². The van der Waals surface area contributed by atoms with Crippen molar-refractivity contribution in [2.45, 2.75) is 77.7 Å². The number of aryl methyl sites for hydroxylation is 1. The molecule has 3 heterocycles. The van der Waals surface area contributed by atoms with Crippen LogP contribution in [-0.4, -0.2) is 64.3 Å². The third-order valence-corrected chi connectivity index (χ3v) is 6.50. The highest BCUT2D eigenvalue weighted by molar-refractivity contribution is 5.94. The number of piperidine rings is 1. The van der Waals surface area contributed by atoms with Gasteiger partial charge in [-0.1, -0.05) is 6.92 Å². The summed E-state index contributed by atoms with van der Waals surface area (Å²) in [5.41, 5.74) is 3.05. The Labute approximate surface area is 157 Å². The van der Waals surface area contributed by atoms with Crippen LogP contribution < -0.4 is 0 Å². The van der Waals surface area contributed by atoms with E-state index in [1.54, 1.807) is 0 Å². The number of carbonyl (C=O) groups is 1. The first-order valence-electron chi connectivity index (χ1n) is 10.0. The summed E-state index contributed by atoms with van der Waals surface area (Å²) >= 11 is 0. The summed E-state index contributed by atoms with van der Waals surface area (Å²) in [5.74, 6) is 0.0956. The van der Waals surface area contributed by atoms with Crippen LogP contribution in [0.4, 0.5) is 0 Å². The quantitative estimate of drug-likeness (QED) is 0.826. The van der Waals surface area contributed by atoms with Crippen LogP contribution in [0.5, 0.6) is 0 Å². The average Bonchev–Trinajstić information content (AvgIpc) is 2.99. The fourth-order valence-electron chi connectivity index (χ4n) is 4.72. The van der Waals surface area contributed by atoms with Crippen LogP contribution in [-0.2, 0) is 17.7 Å². The lowest BCUT2D eigenvalue weighted by Gasteiger charge is -2.45. The van der Waals surface area contributed by atoms with Gasteiger partial charge in [0.25, 0.3) is 5.91 Å². The maximum absolute atomic E-state index is 13.3. The van der Waals surface area contributed by atoms with Gasteiger partial charge >= 0.3 is 0 Å². The van der Waals surface area contributed by atoms with E-state index < -0.39 is 0 Å². The Morgan fingerprint density at radius 1 is 1.27 bits per heavy atom. The normalized spacial score (nSPS) is 25.4. The molecule has 2 atom stereocenters. The third-order valence-electron chi connectivity index (χ3n) is 6.50. The maximum atomic E-state index is 13.3. The van der Waals surface area contributed by atoms with Crippen molar-refractivity contribution in [1.82, 2.24) is 19.6 Å². The summed E-state index contributed by atoms with van der Waals surface area (Å²) in [6.45, 7) is 10.8. The second-order valence-corrected chi connectivity index (χ2v) is 8.09. The van der Waals surface area contributed by atoms with Crippen molar-refractivity contribution in [3.63, 3.8) is 0 Å². The van der Waals surface area contributed by atoms with Gasteiger partial charge in [-0.25, -0.2) is 0 Å². The largest absolute Gasteiger partial charge is 0.369 e. The van der Waals surface area contributed by atoms with Crippen LogP contribution in [0, 0.1) is 0 Å². The van der Waals surface area contributed by atoms with Gasteiger partial charge in [-0.3, -0.25) is 9.48 Å². The molecule has 0 spiro atoms. The van der Waals surface area contributed by atoms with Crippen molar-refractivity contribution < 1.29 is 9.53 Å². The van der Waals surface area contributed by atoms with E-state index in [1.807, 2.05) is 9.58 Å². The molecule has 1 amide bonds. The standard InChI is InChI=1S/C20H34N4O2/c1-7-20(22(5)6)9-11-23(12-10-20)19(25)17-16-13-14(3)26-15(4)18(16)24(8-2)21-17/h14-15H,7-13H2,1-6H3/t14-,15+/m1/s1. The summed E-state index contributed by atoms with van der Waals surface area (Å²) in [7, 11) is 4.31. The molecule has 0 unspecified atom stereocenters. The first kappa shape index (κ1) is 19.4. The van der Waals surface area contributed by atoms with E-state index in [4.69, 9.17) is 9.84 Å². The fraction of sp³-hybridized carbons (Fsp3) is 0.800. The summed E-state index contributed by atoms with van der Waals surface area (Å²) in [6.07, 6.45) is 4.05. The van der Waals surface area contributed by atoms with Crippen molar-refractivity contribution in [3.8, 4) is 0 Å². The number of aromatic nitrogens is 2. The van der Waals surface area contributed by atoms with Gasteiger partial charge < -0.3 is 14.5 Å². The second-order valence-electron chi connectivity index (χ2n) is 8.09. The highest BCUT2D eigenvalue weighted by atomic mass is 16.5. The van der Waals surface area contributed by atoms with E-state index in [1.165, 1.54) is 0 Å². The Balaban J connectivity index is 1.84. The number of amides is 1. The molecule has 146 valence electrons. The number of rotatable bonds is 4. The van der Waals surface area contributed by atoms with Gasteiger partial charge in [0.15, 0.2) is 5.69 Å². The number of fused-ring (bicyclic) bond motifs is 1. The van der Waals surface area contributed by atoms with Gasteiger partial charge in [0.05, 0.1) is 17.9 Å². The molecular weight excluding hydrogens is 328 g/mol. The minimum atomic E-state index is -0.00871. The summed E-state index contributed by atoms with van der Waals surface area (Å²) in [5, 5.41) is 4.70. The molecule has 26 heavy (non-hydrogen) atoms. The van der Waals surface area contributed by atoms with Crippen LogP contribution in [0.2, 0.25) is 0 Å². The SMILES string of the molecule is CCn1nc(C(=O)N2CCC(CC)(N(C)C)CC2)c2c1[C@H](C)O[C@H](C)C2. The zero-order chi connectivity index (χ0) is 19.1. The summed E-state index contributed by atoms with van der Waals surface area (Å²) in [4.78, 5) is 17.6. The Hall–Kier alpha value is -1.40. The van der Waals surface area contributed by atoms with Gasteiger partial charge in [-0.05, 0) is 54.1 Å². The summed E-state index contributed by atoms with van der Waals surface area (Å²) < 4.78 is 7.93. The lowest BCUT2D eigenvalue weighted by Crippen LogP contribution is -2.53. The zero-order valence-electron chi connectivity index (χ0n) is 17.2. The van der Waals surface area contributed by atoms with E-state index in [0.717, 1.165) is 56.6 Å².